The van der Waals surface area contributed by atoms with Crippen LogP contribution in [0.5, 0.6) is 0 Å². The molecule has 0 atom stereocenters. The minimum atomic E-state index is 0. The molecule has 0 unspecified atom stereocenters. The molecule has 0 bridgehead atoms. The Morgan fingerprint density at radius 2 is 2.00 bits per heavy atom. The lowest BCUT2D eigenvalue weighted by Crippen LogP contribution is -2.38. The van der Waals surface area contributed by atoms with E-state index in [9.17, 15) is 0 Å². The second-order valence-corrected chi connectivity index (χ2v) is 6.57. The summed E-state index contributed by atoms with van der Waals surface area (Å²) in [6, 6.07) is 10.4. The maximum absolute atomic E-state index is 4.72. The molecule has 138 valence electrons. The van der Waals surface area contributed by atoms with Crippen LogP contribution in [0.15, 0.2) is 35.3 Å². The van der Waals surface area contributed by atoms with Gasteiger partial charge >= 0.3 is 0 Å². The number of halogens is 1. The van der Waals surface area contributed by atoms with E-state index in [4.69, 9.17) is 4.99 Å². The standard InChI is InChI=1S/C18H27N5S.HI/c1-5-19-18(20-10-11-24-4)21-13-16-8-6-7-9-17(16)23-15(3)12-14(2)22-23;/h6-9,12H,5,10-11,13H2,1-4H3,(H2,19,20,21);1H. The van der Waals surface area contributed by atoms with Crippen molar-refractivity contribution in [1.82, 2.24) is 20.4 Å². The molecular weight excluding hydrogens is 445 g/mol. The Bertz CT molecular complexity index is 684. The van der Waals surface area contributed by atoms with Gasteiger partial charge in [0.2, 0.25) is 0 Å². The highest BCUT2D eigenvalue weighted by Gasteiger charge is 2.08. The molecule has 2 aromatic rings. The fourth-order valence-corrected chi connectivity index (χ4v) is 2.81. The number of nitrogens with one attached hydrogen (secondary N) is 2. The molecule has 0 aliphatic rings. The Hall–Kier alpha value is -1.22. The van der Waals surface area contributed by atoms with Gasteiger partial charge in [-0.15, -0.1) is 24.0 Å². The molecule has 2 rings (SSSR count). The van der Waals surface area contributed by atoms with E-state index < -0.39 is 0 Å². The van der Waals surface area contributed by atoms with Gasteiger partial charge in [0.15, 0.2) is 5.96 Å². The molecular formula is C18H28IN5S. The first-order valence-corrected chi connectivity index (χ1v) is 9.67. The van der Waals surface area contributed by atoms with Crippen molar-refractivity contribution in [2.75, 3.05) is 25.1 Å². The lowest BCUT2D eigenvalue weighted by atomic mass is 10.2. The number of aryl methyl sites for hydroxylation is 2. The van der Waals surface area contributed by atoms with Crippen molar-refractivity contribution < 1.29 is 0 Å². The van der Waals surface area contributed by atoms with E-state index in [2.05, 4.69) is 54.0 Å². The molecule has 1 aromatic heterocycles. The van der Waals surface area contributed by atoms with Crippen molar-refractivity contribution in [1.29, 1.82) is 0 Å². The zero-order valence-corrected chi connectivity index (χ0v) is 18.5. The highest BCUT2D eigenvalue weighted by Crippen LogP contribution is 2.17. The van der Waals surface area contributed by atoms with Crippen LogP contribution in [0.4, 0.5) is 0 Å². The summed E-state index contributed by atoms with van der Waals surface area (Å²) in [7, 11) is 0. The van der Waals surface area contributed by atoms with Gasteiger partial charge in [-0.2, -0.15) is 16.9 Å². The van der Waals surface area contributed by atoms with Gasteiger partial charge in [0.25, 0.3) is 0 Å². The van der Waals surface area contributed by atoms with Gasteiger partial charge in [-0.1, -0.05) is 18.2 Å². The van der Waals surface area contributed by atoms with Crippen LogP contribution in [0.1, 0.15) is 23.9 Å². The molecule has 5 nitrogen and oxygen atoms in total. The molecule has 0 spiro atoms. The predicted molar refractivity (Wildman–Crippen MR) is 120 cm³/mol. The van der Waals surface area contributed by atoms with E-state index in [0.29, 0.717) is 6.54 Å². The number of hydrogen-bond donors (Lipinski definition) is 2. The van der Waals surface area contributed by atoms with Crippen LogP contribution in [0.2, 0.25) is 0 Å². The second kappa shape index (κ2) is 11.4. The monoisotopic (exact) mass is 473 g/mol. The first-order valence-electron chi connectivity index (χ1n) is 8.28. The van der Waals surface area contributed by atoms with Gasteiger partial charge in [-0.25, -0.2) is 9.67 Å². The van der Waals surface area contributed by atoms with Crippen molar-refractivity contribution in [3.8, 4) is 5.69 Å². The molecule has 0 saturated carbocycles. The first-order chi connectivity index (χ1) is 11.7. The number of benzene rings is 1. The predicted octanol–water partition coefficient (Wildman–Crippen LogP) is 3.53. The van der Waals surface area contributed by atoms with Crippen molar-refractivity contribution in [3.05, 3.63) is 47.3 Å². The topological polar surface area (TPSA) is 54.2 Å². The van der Waals surface area contributed by atoms with Crippen LogP contribution in [0, 0.1) is 13.8 Å². The summed E-state index contributed by atoms with van der Waals surface area (Å²) in [4.78, 5) is 4.72. The summed E-state index contributed by atoms with van der Waals surface area (Å²) in [5.41, 5.74) is 4.41. The Kier molecular flexibility index (Phi) is 9.96. The summed E-state index contributed by atoms with van der Waals surface area (Å²) >= 11 is 1.82. The van der Waals surface area contributed by atoms with Gasteiger partial charge in [0, 0.05) is 24.5 Å². The molecule has 7 heteroatoms. The first kappa shape index (κ1) is 21.8. The number of nitrogens with zero attached hydrogens (tertiary/aromatic N) is 3. The number of aromatic nitrogens is 2. The molecule has 0 aliphatic heterocycles. The molecule has 25 heavy (non-hydrogen) atoms. The quantitative estimate of drug-likeness (QED) is 0.280. The fraction of sp³-hybridized carbons (Fsp3) is 0.444. The number of guanidine groups is 1. The summed E-state index contributed by atoms with van der Waals surface area (Å²) in [5, 5.41) is 11.3. The largest absolute Gasteiger partial charge is 0.357 e. The third-order valence-electron chi connectivity index (χ3n) is 3.58. The Balaban J connectivity index is 0.00000312. The van der Waals surface area contributed by atoms with E-state index in [-0.39, 0.29) is 24.0 Å². The summed E-state index contributed by atoms with van der Waals surface area (Å²) in [6.45, 7) is 8.55. The average Bonchev–Trinajstić information content (AvgIpc) is 2.91. The van der Waals surface area contributed by atoms with Gasteiger partial charge in [0.1, 0.15) is 0 Å². The fourth-order valence-electron chi connectivity index (χ4n) is 2.50. The molecule has 0 radical (unpaired) electrons. The summed E-state index contributed by atoms with van der Waals surface area (Å²) in [5.74, 6) is 1.92. The minimum absolute atomic E-state index is 0. The summed E-state index contributed by atoms with van der Waals surface area (Å²) < 4.78 is 1.99. The van der Waals surface area contributed by atoms with E-state index in [1.165, 1.54) is 0 Å². The molecule has 0 aliphatic carbocycles. The highest BCUT2D eigenvalue weighted by molar-refractivity contribution is 14.0. The molecule has 0 amide bonds. The lowest BCUT2D eigenvalue weighted by Gasteiger charge is -2.13. The number of aliphatic imine (C=N–C) groups is 1. The highest BCUT2D eigenvalue weighted by atomic mass is 127. The van der Waals surface area contributed by atoms with E-state index in [1.807, 2.05) is 35.5 Å². The van der Waals surface area contributed by atoms with Crippen molar-refractivity contribution in [2.45, 2.75) is 27.3 Å². The third kappa shape index (κ3) is 6.54. The van der Waals surface area contributed by atoms with Crippen LogP contribution in [0.25, 0.3) is 5.69 Å². The molecule has 2 N–H and O–H groups in total. The van der Waals surface area contributed by atoms with E-state index in [1.54, 1.807) is 0 Å². The van der Waals surface area contributed by atoms with Gasteiger partial charge in [-0.3, -0.25) is 0 Å². The van der Waals surface area contributed by atoms with Crippen LogP contribution in [-0.2, 0) is 6.54 Å². The molecule has 1 heterocycles. The van der Waals surface area contributed by atoms with Crippen LogP contribution in [0.3, 0.4) is 0 Å². The third-order valence-corrected chi connectivity index (χ3v) is 4.19. The zero-order chi connectivity index (χ0) is 17.4. The van der Waals surface area contributed by atoms with Gasteiger partial charge in [0.05, 0.1) is 17.9 Å². The Labute approximate surface area is 172 Å². The lowest BCUT2D eigenvalue weighted by molar-refractivity contribution is 0.809. The molecule has 1 aromatic carbocycles. The minimum Gasteiger partial charge on any atom is -0.357 e. The zero-order valence-electron chi connectivity index (χ0n) is 15.4. The van der Waals surface area contributed by atoms with Crippen molar-refractivity contribution >= 4 is 41.7 Å². The van der Waals surface area contributed by atoms with Gasteiger partial charge < -0.3 is 10.6 Å². The second-order valence-electron chi connectivity index (χ2n) is 5.58. The SMILES string of the molecule is CCNC(=NCc1ccccc1-n1nc(C)cc1C)NCCSC.I. The Morgan fingerprint density at radius 1 is 1.24 bits per heavy atom. The van der Waals surface area contributed by atoms with Crippen LogP contribution < -0.4 is 10.6 Å². The number of rotatable bonds is 7. The van der Waals surface area contributed by atoms with Gasteiger partial charge in [-0.05, 0) is 44.7 Å². The van der Waals surface area contributed by atoms with E-state index >= 15 is 0 Å². The Morgan fingerprint density at radius 3 is 2.64 bits per heavy atom. The smallest absolute Gasteiger partial charge is 0.191 e. The maximum Gasteiger partial charge on any atom is 0.191 e. The normalized spacial score (nSPS) is 11.1. The van der Waals surface area contributed by atoms with E-state index in [0.717, 1.165) is 47.4 Å². The number of thioether (sulfide) groups is 1. The number of hydrogen-bond acceptors (Lipinski definition) is 3. The number of para-hydroxylation sites is 1. The van der Waals surface area contributed by atoms with Crippen LogP contribution >= 0.6 is 35.7 Å². The van der Waals surface area contributed by atoms with Crippen LogP contribution in [-0.4, -0.2) is 40.8 Å². The van der Waals surface area contributed by atoms with Crippen molar-refractivity contribution in [3.63, 3.8) is 0 Å². The molecule has 0 saturated heterocycles. The van der Waals surface area contributed by atoms with Crippen molar-refractivity contribution in [2.24, 2.45) is 4.99 Å². The summed E-state index contributed by atoms with van der Waals surface area (Å²) in [6.07, 6.45) is 2.11. The molecule has 0 fully saturated rings. The maximum atomic E-state index is 4.72. The average molecular weight is 473 g/mol.